The number of nitrogens with zero attached hydrogens (tertiary/aromatic N) is 1. The predicted octanol–water partition coefficient (Wildman–Crippen LogP) is 0.966. The van der Waals surface area contributed by atoms with Gasteiger partial charge in [0.25, 0.3) is 5.91 Å². The number of nitrogen functional groups attached to an aromatic ring is 1. The smallest absolute Gasteiger partial charge is 0.316 e. The van der Waals surface area contributed by atoms with Gasteiger partial charge in [0.05, 0.1) is 17.1 Å². The highest BCUT2D eigenvalue weighted by atomic mass is 35.5. The number of likely N-dealkylation sites (tertiary alicyclic amines) is 1. The van der Waals surface area contributed by atoms with E-state index >= 15 is 0 Å². The van der Waals surface area contributed by atoms with E-state index in [4.69, 9.17) is 26.8 Å². The van der Waals surface area contributed by atoms with Gasteiger partial charge in [-0.1, -0.05) is 11.6 Å². The number of halogens is 1. The Labute approximate surface area is 196 Å². The zero-order valence-electron chi connectivity index (χ0n) is 18.4. The molecule has 12 heteroatoms. The van der Waals surface area contributed by atoms with Gasteiger partial charge in [0.15, 0.2) is 0 Å². The molecular formula is C21H28ClN5O6. The number of rotatable bonds is 7. The monoisotopic (exact) mass is 481 g/mol. The number of carbonyl (C=O) groups excluding carboxylic acids is 4. The number of nitrogens with two attached hydrogens (primary N) is 1. The molecule has 5 N–H and O–H groups in total. The number of hydrogen-bond acceptors (Lipinski definition) is 7. The second-order valence-electron chi connectivity index (χ2n) is 7.86. The first kappa shape index (κ1) is 24.6. The lowest BCUT2D eigenvalue weighted by molar-refractivity contribution is -0.163. The van der Waals surface area contributed by atoms with E-state index in [1.807, 2.05) is 0 Å². The molecule has 11 nitrogen and oxygen atoms in total. The molecule has 3 rings (SSSR count). The summed E-state index contributed by atoms with van der Waals surface area (Å²) >= 11 is 5.96. The topological polar surface area (TPSA) is 152 Å². The van der Waals surface area contributed by atoms with Gasteiger partial charge in [-0.25, -0.2) is 4.79 Å². The van der Waals surface area contributed by atoms with E-state index in [9.17, 15) is 19.2 Å². The molecule has 1 aromatic carbocycles. The maximum Gasteiger partial charge on any atom is 0.316 e. The van der Waals surface area contributed by atoms with Gasteiger partial charge in [0, 0.05) is 18.7 Å². The number of amides is 4. The van der Waals surface area contributed by atoms with Crippen LogP contribution in [0.3, 0.4) is 0 Å². The minimum Gasteiger partial charge on any atom is -0.433 e. The largest absolute Gasteiger partial charge is 0.433 e. The second-order valence-corrected chi connectivity index (χ2v) is 8.27. The van der Waals surface area contributed by atoms with E-state index in [1.165, 1.54) is 23.1 Å². The van der Waals surface area contributed by atoms with Crippen molar-refractivity contribution in [1.29, 1.82) is 0 Å². The normalized spacial score (nSPS) is 23.1. The van der Waals surface area contributed by atoms with Crippen LogP contribution in [0.4, 0.5) is 10.5 Å². The van der Waals surface area contributed by atoms with Crippen LogP contribution in [0.15, 0.2) is 18.2 Å². The summed E-state index contributed by atoms with van der Waals surface area (Å²) in [7, 11) is 0. The molecule has 0 radical (unpaired) electrons. The van der Waals surface area contributed by atoms with Crippen LogP contribution in [0.25, 0.3) is 0 Å². The van der Waals surface area contributed by atoms with Gasteiger partial charge in [-0.3, -0.25) is 14.4 Å². The Morgan fingerprint density at radius 3 is 2.79 bits per heavy atom. The van der Waals surface area contributed by atoms with E-state index in [1.54, 1.807) is 13.8 Å². The fourth-order valence-corrected chi connectivity index (χ4v) is 3.95. The van der Waals surface area contributed by atoms with Gasteiger partial charge in [-0.05, 0) is 44.9 Å². The zero-order valence-corrected chi connectivity index (χ0v) is 19.2. The number of ether oxygens (including phenoxy) is 2. The first-order chi connectivity index (χ1) is 15.7. The molecule has 1 aromatic rings. The molecule has 0 saturated carbocycles. The van der Waals surface area contributed by atoms with Crippen molar-refractivity contribution < 1.29 is 28.7 Å². The lowest BCUT2D eigenvalue weighted by Gasteiger charge is -2.29. The standard InChI is InChI=1S/C21H28ClN5O6/c1-3-32-20-15(10-17(28)33-20)25-21(31)26-16-5-4-8-27(16)19(30)11(2)24-18(29)12-6-7-14(23)13(22)9-12/h6-7,9,11,15-16,20H,3-5,8,10,23H2,1-2H3,(H,24,29)(H2,25,26,31). The van der Waals surface area contributed by atoms with Crippen molar-refractivity contribution in [2.45, 2.75) is 57.6 Å². The summed E-state index contributed by atoms with van der Waals surface area (Å²) in [6, 6.07) is 2.48. The van der Waals surface area contributed by atoms with Crippen molar-refractivity contribution in [3.8, 4) is 0 Å². The summed E-state index contributed by atoms with van der Waals surface area (Å²) in [5.41, 5.74) is 6.29. The number of anilines is 1. The number of hydrogen-bond donors (Lipinski definition) is 4. The van der Waals surface area contributed by atoms with Crippen LogP contribution in [0, 0.1) is 0 Å². The predicted molar refractivity (Wildman–Crippen MR) is 119 cm³/mol. The summed E-state index contributed by atoms with van der Waals surface area (Å²) < 4.78 is 10.4. The highest BCUT2D eigenvalue weighted by molar-refractivity contribution is 6.33. The Kier molecular flexibility index (Phi) is 7.98. The average molecular weight is 482 g/mol. The zero-order chi connectivity index (χ0) is 24.1. The van der Waals surface area contributed by atoms with Crippen molar-refractivity contribution >= 4 is 41.1 Å². The van der Waals surface area contributed by atoms with E-state index in [2.05, 4.69) is 16.0 Å². The average Bonchev–Trinajstić information content (AvgIpc) is 3.35. The van der Waals surface area contributed by atoms with Crippen LogP contribution in [-0.4, -0.2) is 66.4 Å². The Bertz CT molecular complexity index is 928. The van der Waals surface area contributed by atoms with Gasteiger partial charge in [-0.2, -0.15) is 0 Å². The first-order valence-electron chi connectivity index (χ1n) is 10.7. The van der Waals surface area contributed by atoms with E-state index in [0.717, 1.165) is 0 Å². The molecule has 180 valence electrons. The summed E-state index contributed by atoms with van der Waals surface area (Å²) in [5.74, 6) is -1.25. The minimum atomic E-state index is -0.841. The fourth-order valence-electron chi connectivity index (χ4n) is 3.77. The van der Waals surface area contributed by atoms with Gasteiger partial charge < -0.3 is 36.1 Å². The van der Waals surface area contributed by atoms with Crippen LogP contribution in [0.2, 0.25) is 5.02 Å². The van der Waals surface area contributed by atoms with Crippen molar-refractivity contribution in [2.75, 3.05) is 18.9 Å². The summed E-state index contributed by atoms with van der Waals surface area (Å²) in [4.78, 5) is 51.0. The third kappa shape index (κ3) is 6.05. The molecule has 4 unspecified atom stereocenters. The van der Waals surface area contributed by atoms with Crippen molar-refractivity contribution in [3.63, 3.8) is 0 Å². The third-order valence-electron chi connectivity index (χ3n) is 5.42. The number of carbonyl (C=O) groups is 4. The Balaban J connectivity index is 1.55. The summed E-state index contributed by atoms with van der Waals surface area (Å²) in [5, 5.41) is 8.32. The first-order valence-corrected chi connectivity index (χ1v) is 11.1. The molecule has 0 aliphatic carbocycles. The lowest BCUT2D eigenvalue weighted by atomic mass is 10.1. The van der Waals surface area contributed by atoms with Gasteiger partial charge >= 0.3 is 12.0 Å². The minimum absolute atomic E-state index is 0.00359. The molecule has 4 amide bonds. The van der Waals surface area contributed by atoms with Crippen LogP contribution in [0.1, 0.15) is 43.5 Å². The molecule has 2 aliphatic heterocycles. The highest BCUT2D eigenvalue weighted by Crippen LogP contribution is 2.21. The molecule has 2 fully saturated rings. The van der Waals surface area contributed by atoms with Crippen molar-refractivity contribution in [1.82, 2.24) is 20.9 Å². The number of urea groups is 1. The molecule has 0 spiro atoms. The molecule has 0 aromatic heterocycles. The lowest BCUT2D eigenvalue weighted by Crippen LogP contribution is -2.56. The van der Waals surface area contributed by atoms with Crippen molar-refractivity contribution in [3.05, 3.63) is 28.8 Å². The van der Waals surface area contributed by atoms with E-state index < -0.39 is 42.4 Å². The number of cyclic esters (lactones) is 1. The van der Waals surface area contributed by atoms with E-state index in [0.29, 0.717) is 31.7 Å². The van der Waals surface area contributed by atoms with Gasteiger partial charge in [0.1, 0.15) is 18.2 Å². The molecular weight excluding hydrogens is 454 g/mol. The van der Waals surface area contributed by atoms with Gasteiger partial charge in [0.2, 0.25) is 12.2 Å². The second kappa shape index (κ2) is 10.7. The SMILES string of the molecule is CCOC1OC(=O)CC1NC(=O)NC1CCCN1C(=O)C(C)NC(=O)c1ccc(N)c(Cl)c1. The highest BCUT2D eigenvalue weighted by Gasteiger charge is 2.38. The number of nitrogens with one attached hydrogen (secondary N) is 3. The van der Waals surface area contributed by atoms with Crippen LogP contribution in [-0.2, 0) is 19.1 Å². The maximum atomic E-state index is 13.0. The Hall–Kier alpha value is -3.05. The molecule has 2 aliphatic rings. The van der Waals surface area contributed by atoms with Crippen LogP contribution >= 0.6 is 11.6 Å². The molecule has 4 atom stereocenters. The molecule has 2 saturated heterocycles. The van der Waals surface area contributed by atoms with Crippen LogP contribution < -0.4 is 21.7 Å². The molecule has 0 bridgehead atoms. The summed E-state index contributed by atoms with van der Waals surface area (Å²) in [6.45, 7) is 4.09. The number of esters is 1. The molecule has 33 heavy (non-hydrogen) atoms. The fraction of sp³-hybridized carbons (Fsp3) is 0.524. The summed E-state index contributed by atoms with van der Waals surface area (Å²) in [6.07, 6.45) is -0.137. The van der Waals surface area contributed by atoms with Gasteiger partial charge in [-0.15, -0.1) is 0 Å². The quantitative estimate of drug-likeness (QED) is 0.334. The maximum absolute atomic E-state index is 13.0. The Morgan fingerprint density at radius 2 is 2.09 bits per heavy atom. The molecule has 2 heterocycles. The number of benzene rings is 1. The van der Waals surface area contributed by atoms with Crippen molar-refractivity contribution in [2.24, 2.45) is 0 Å². The van der Waals surface area contributed by atoms with Crippen LogP contribution in [0.5, 0.6) is 0 Å². The van der Waals surface area contributed by atoms with E-state index in [-0.39, 0.29) is 22.9 Å². The Morgan fingerprint density at radius 1 is 1.33 bits per heavy atom. The third-order valence-corrected chi connectivity index (χ3v) is 5.75.